The fourth-order valence-corrected chi connectivity index (χ4v) is 4.31. The molecule has 3 N–H and O–H groups in total. The summed E-state index contributed by atoms with van der Waals surface area (Å²) in [6.07, 6.45) is 1.43. The molecule has 2 heterocycles. The molecular weight excluding hydrogens is 424 g/mol. The molecule has 1 unspecified atom stereocenters. The molecule has 12 heteroatoms. The Labute approximate surface area is 181 Å². The van der Waals surface area contributed by atoms with Gasteiger partial charge in [0.05, 0.1) is 26.0 Å². The Morgan fingerprint density at radius 2 is 1.77 bits per heavy atom. The number of aromatic nitrogens is 2. The Morgan fingerprint density at radius 1 is 1.16 bits per heavy atom. The van der Waals surface area contributed by atoms with E-state index < -0.39 is 16.1 Å². The van der Waals surface area contributed by atoms with Crippen LogP contribution in [0.1, 0.15) is 13.3 Å². The normalized spacial score (nSPS) is 15.7. The largest absolute Gasteiger partial charge is 0.493 e. The summed E-state index contributed by atoms with van der Waals surface area (Å²) in [5.41, 5.74) is 6.79. The molecule has 1 saturated heterocycles. The first-order valence-electron chi connectivity index (χ1n) is 9.87. The number of sulfonamides is 1. The van der Waals surface area contributed by atoms with Gasteiger partial charge in [-0.2, -0.15) is 4.98 Å². The first-order chi connectivity index (χ1) is 14.7. The molecule has 170 valence electrons. The molecule has 1 amide bonds. The molecule has 1 aliphatic rings. The number of ether oxygens (including phenoxy) is 2. The van der Waals surface area contributed by atoms with Gasteiger partial charge >= 0.3 is 0 Å². The first-order valence-corrected chi connectivity index (χ1v) is 11.8. The number of hydrogen-bond donors (Lipinski definition) is 2. The lowest BCUT2D eigenvalue weighted by molar-refractivity contribution is -0.133. The number of nitrogens with one attached hydrogen (secondary N) is 1. The van der Waals surface area contributed by atoms with Crippen LogP contribution in [-0.2, 0) is 14.8 Å². The Kier molecular flexibility index (Phi) is 6.70. The molecule has 0 saturated carbocycles. The predicted octanol–water partition coefficient (Wildman–Crippen LogP) is 0.206. The molecule has 1 fully saturated rings. The van der Waals surface area contributed by atoms with Gasteiger partial charge in [-0.1, -0.05) is 6.92 Å². The number of methoxy groups -OCH3 is 2. The zero-order chi connectivity index (χ0) is 22.8. The SMILES string of the molecule is CCC(NS(C)(=O)=O)C(=O)N1CCN(c2nc(N)c3cc(OC)c(OC)cc3n2)CC1. The number of rotatable bonds is 7. The van der Waals surface area contributed by atoms with E-state index in [-0.39, 0.29) is 5.91 Å². The van der Waals surface area contributed by atoms with E-state index >= 15 is 0 Å². The summed E-state index contributed by atoms with van der Waals surface area (Å²) in [6, 6.07) is 2.72. The van der Waals surface area contributed by atoms with E-state index in [2.05, 4.69) is 14.7 Å². The monoisotopic (exact) mass is 452 g/mol. The van der Waals surface area contributed by atoms with Crippen LogP contribution in [0.25, 0.3) is 10.9 Å². The second-order valence-electron chi connectivity index (χ2n) is 7.30. The number of amides is 1. The molecule has 0 radical (unpaired) electrons. The number of carbonyl (C=O) groups is 1. The summed E-state index contributed by atoms with van der Waals surface area (Å²) >= 11 is 0. The smallest absolute Gasteiger partial charge is 0.240 e. The highest BCUT2D eigenvalue weighted by Crippen LogP contribution is 2.34. The van der Waals surface area contributed by atoms with E-state index in [1.54, 1.807) is 38.2 Å². The molecule has 1 aromatic carbocycles. The maximum absolute atomic E-state index is 12.7. The van der Waals surface area contributed by atoms with Crippen molar-refractivity contribution < 1.29 is 22.7 Å². The minimum Gasteiger partial charge on any atom is -0.493 e. The van der Waals surface area contributed by atoms with Crippen molar-refractivity contribution in [2.24, 2.45) is 0 Å². The Morgan fingerprint density at radius 3 is 2.32 bits per heavy atom. The molecule has 3 rings (SSSR count). The van der Waals surface area contributed by atoms with Crippen LogP contribution >= 0.6 is 0 Å². The minimum atomic E-state index is -3.47. The molecule has 0 bridgehead atoms. The lowest BCUT2D eigenvalue weighted by atomic mass is 10.2. The molecule has 1 atom stereocenters. The third kappa shape index (κ3) is 5.07. The van der Waals surface area contributed by atoms with Gasteiger partial charge in [0, 0.05) is 37.6 Å². The van der Waals surface area contributed by atoms with Crippen molar-refractivity contribution in [2.45, 2.75) is 19.4 Å². The maximum Gasteiger partial charge on any atom is 0.240 e. The number of hydrogen-bond acceptors (Lipinski definition) is 9. The average molecular weight is 453 g/mol. The fourth-order valence-electron chi connectivity index (χ4n) is 3.52. The number of nitrogens with zero attached hydrogens (tertiary/aromatic N) is 4. The highest BCUT2D eigenvalue weighted by atomic mass is 32.2. The van der Waals surface area contributed by atoms with Gasteiger partial charge in [-0.05, 0) is 12.5 Å². The van der Waals surface area contributed by atoms with Crippen LogP contribution in [0.15, 0.2) is 12.1 Å². The number of carbonyl (C=O) groups excluding carboxylic acids is 1. The van der Waals surface area contributed by atoms with E-state index in [4.69, 9.17) is 15.2 Å². The molecule has 0 aliphatic carbocycles. The van der Waals surface area contributed by atoms with E-state index in [1.165, 1.54) is 0 Å². The van der Waals surface area contributed by atoms with Crippen LogP contribution < -0.4 is 24.8 Å². The summed E-state index contributed by atoms with van der Waals surface area (Å²) in [5, 5.41) is 0.660. The molecule has 0 spiro atoms. The molecule has 1 aliphatic heterocycles. The summed E-state index contributed by atoms with van der Waals surface area (Å²) in [5.74, 6) is 1.63. The van der Waals surface area contributed by atoms with Crippen LogP contribution in [0.2, 0.25) is 0 Å². The van der Waals surface area contributed by atoms with Gasteiger partial charge in [0.2, 0.25) is 21.9 Å². The van der Waals surface area contributed by atoms with Gasteiger partial charge in [0.25, 0.3) is 0 Å². The van der Waals surface area contributed by atoms with Gasteiger partial charge < -0.3 is 25.0 Å². The Bertz CT molecular complexity index is 1070. The first kappa shape index (κ1) is 22.8. The van der Waals surface area contributed by atoms with Crippen LogP contribution in [0.4, 0.5) is 11.8 Å². The van der Waals surface area contributed by atoms with Crippen LogP contribution in [0, 0.1) is 0 Å². The summed E-state index contributed by atoms with van der Waals surface area (Å²) in [7, 11) is -0.375. The minimum absolute atomic E-state index is 0.233. The maximum atomic E-state index is 12.7. The van der Waals surface area contributed by atoms with Crippen LogP contribution in [0.5, 0.6) is 11.5 Å². The number of nitrogens with two attached hydrogens (primary N) is 1. The Balaban J connectivity index is 1.76. The molecule has 1 aromatic heterocycles. The second-order valence-corrected chi connectivity index (χ2v) is 9.08. The molecule has 11 nitrogen and oxygen atoms in total. The van der Waals surface area contributed by atoms with Crippen molar-refractivity contribution >= 4 is 38.6 Å². The van der Waals surface area contributed by atoms with Gasteiger partial charge in [-0.3, -0.25) is 4.79 Å². The quantitative estimate of drug-likeness (QED) is 0.603. The Hall–Kier alpha value is -2.86. The fraction of sp³-hybridized carbons (Fsp3) is 0.526. The van der Waals surface area contributed by atoms with Gasteiger partial charge in [0.1, 0.15) is 11.9 Å². The van der Waals surface area contributed by atoms with Crippen molar-refractivity contribution in [3.63, 3.8) is 0 Å². The lowest BCUT2D eigenvalue weighted by Gasteiger charge is -2.36. The molecular formula is C19H28N6O5S. The number of nitrogen functional groups attached to an aromatic ring is 1. The zero-order valence-electron chi connectivity index (χ0n) is 18.1. The van der Waals surface area contributed by atoms with E-state index in [1.807, 2.05) is 4.90 Å². The van der Waals surface area contributed by atoms with Crippen molar-refractivity contribution in [1.29, 1.82) is 0 Å². The average Bonchev–Trinajstić information content (AvgIpc) is 2.75. The van der Waals surface area contributed by atoms with E-state index in [0.717, 1.165) is 6.26 Å². The number of piperazine rings is 1. The molecule has 2 aromatic rings. The van der Waals surface area contributed by atoms with Gasteiger partial charge in [0.15, 0.2) is 11.5 Å². The lowest BCUT2D eigenvalue weighted by Crippen LogP contribution is -2.55. The number of benzene rings is 1. The summed E-state index contributed by atoms with van der Waals surface area (Å²) in [4.78, 5) is 25.4. The number of anilines is 2. The third-order valence-corrected chi connectivity index (χ3v) is 5.87. The summed E-state index contributed by atoms with van der Waals surface area (Å²) in [6.45, 7) is 3.62. The van der Waals surface area contributed by atoms with Crippen molar-refractivity contribution in [3.05, 3.63) is 12.1 Å². The van der Waals surface area contributed by atoms with E-state index in [9.17, 15) is 13.2 Å². The van der Waals surface area contributed by atoms with E-state index in [0.29, 0.717) is 66.8 Å². The standard InChI is InChI=1S/C19H28N6O5S/c1-5-13(23-31(4,27)28)18(26)24-6-8-25(9-7-24)19-21-14-11-16(30-3)15(29-2)10-12(14)17(20)22-19/h10-11,13,23H,5-9H2,1-4H3,(H2,20,21,22). The molecule has 31 heavy (non-hydrogen) atoms. The predicted molar refractivity (Wildman–Crippen MR) is 118 cm³/mol. The van der Waals surface area contributed by atoms with Crippen LogP contribution in [0.3, 0.4) is 0 Å². The van der Waals surface area contributed by atoms with Crippen molar-refractivity contribution in [1.82, 2.24) is 19.6 Å². The summed E-state index contributed by atoms with van der Waals surface area (Å²) < 4.78 is 36.1. The zero-order valence-corrected chi connectivity index (χ0v) is 18.9. The van der Waals surface area contributed by atoms with Crippen molar-refractivity contribution in [2.75, 3.05) is 57.3 Å². The topological polar surface area (TPSA) is 140 Å². The number of fused-ring (bicyclic) bond motifs is 1. The van der Waals surface area contributed by atoms with Gasteiger partial charge in [-0.15, -0.1) is 0 Å². The second kappa shape index (κ2) is 9.10. The van der Waals surface area contributed by atoms with Gasteiger partial charge in [-0.25, -0.2) is 18.1 Å². The van der Waals surface area contributed by atoms with Crippen LogP contribution in [-0.4, -0.2) is 81.9 Å². The highest BCUT2D eigenvalue weighted by molar-refractivity contribution is 7.88. The third-order valence-electron chi connectivity index (χ3n) is 5.16. The highest BCUT2D eigenvalue weighted by Gasteiger charge is 2.29. The van der Waals surface area contributed by atoms with Crippen molar-refractivity contribution in [3.8, 4) is 11.5 Å².